The molecule has 0 unspecified atom stereocenters. The Morgan fingerprint density at radius 1 is 0.846 bits per heavy atom. The summed E-state index contributed by atoms with van der Waals surface area (Å²) in [6.45, 7) is 0. The van der Waals surface area contributed by atoms with Gasteiger partial charge in [-0.25, -0.2) is 0 Å². The fourth-order valence-electron chi connectivity index (χ4n) is 2.72. The van der Waals surface area contributed by atoms with E-state index in [1.54, 1.807) is 46.6 Å². The minimum atomic E-state index is 0.123. The van der Waals surface area contributed by atoms with E-state index in [0.29, 0.717) is 28.6 Å². The Hall–Kier alpha value is -2.93. The lowest BCUT2D eigenvalue weighted by Gasteiger charge is -2.14. The maximum absolute atomic E-state index is 10.4. The normalized spacial score (nSPS) is 10.5. The van der Waals surface area contributed by atoms with Gasteiger partial charge in [-0.3, -0.25) is 0 Å². The third-order valence-corrected chi connectivity index (χ3v) is 4.63. The van der Waals surface area contributed by atoms with Crippen molar-refractivity contribution in [1.82, 2.24) is 4.37 Å². The highest BCUT2D eigenvalue weighted by molar-refractivity contribution is 7.04. The molecule has 0 amide bonds. The van der Waals surface area contributed by atoms with Gasteiger partial charge in [0.25, 0.3) is 0 Å². The number of phenolic OH excluding ortho intramolecular Hbond substituents is 1. The number of nitrogens with zero attached hydrogens (tertiary/aromatic N) is 1. The van der Waals surface area contributed by atoms with Gasteiger partial charge in [0.15, 0.2) is 11.5 Å². The van der Waals surface area contributed by atoms with Crippen LogP contribution in [0.1, 0.15) is 0 Å². The number of ether oxygens (including phenoxy) is 4. The largest absolute Gasteiger partial charge is 0.507 e. The standard InChI is InChI=1S/C19H19NO5S/c1-22-12-5-6-13(15(21)9-12)14-10-26-20-18(14)11-7-16(23-2)19(25-4)17(8-11)24-3/h5-10,21H,1-4H3. The Kier molecular flexibility index (Phi) is 5.18. The molecule has 0 saturated heterocycles. The summed E-state index contributed by atoms with van der Waals surface area (Å²) in [6, 6.07) is 8.85. The Bertz CT molecular complexity index is 897. The molecule has 0 aliphatic carbocycles. The van der Waals surface area contributed by atoms with Crippen molar-refractivity contribution >= 4 is 11.5 Å². The molecule has 1 N–H and O–H groups in total. The monoisotopic (exact) mass is 373 g/mol. The predicted molar refractivity (Wildman–Crippen MR) is 101 cm³/mol. The quantitative estimate of drug-likeness (QED) is 0.698. The molecule has 136 valence electrons. The Balaban J connectivity index is 2.15. The van der Waals surface area contributed by atoms with Crippen LogP contribution in [0.4, 0.5) is 0 Å². The van der Waals surface area contributed by atoms with Gasteiger partial charge in [0.1, 0.15) is 11.5 Å². The molecule has 1 heterocycles. The number of rotatable bonds is 6. The summed E-state index contributed by atoms with van der Waals surface area (Å²) in [5, 5.41) is 12.3. The number of benzene rings is 2. The van der Waals surface area contributed by atoms with Crippen molar-refractivity contribution < 1.29 is 24.1 Å². The van der Waals surface area contributed by atoms with E-state index >= 15 is 0 Å². The lowest BCUT2D eigenvalue weighted by atomic mass is 10.0. The summed E-state index contributed by atoms with van der Waals surface area (Å²) < 4.78 is 25.9. The van der Waals surface area contributed by atoms with Crippen LogP contribution in [-0.2, 0) is 0 Å². The minimum Gasteiger partial charge on any atom is -0.507 e. The van der Waals surface area contributed by atoms with Crippen LogP contribution in [0.2, 0.25) is 0 Å². The number of methoxy groups -OCH3 is 4. The van der Waals surface area contributed by atoms with E-state index in [9.17, 15) is 5.11 Å². The van der Waals surface area contributed by atoms with E-state index in [4.69, 9.17) is 18.9 Å². The van der Waals surface area contributed by atoms with Crippen molar-refractivity contribution in [3.05, 3.63) is 35.7 Å². The van der Waals surface area contributed by atoms with Gasteiger partial charge in [-0.2, -0.15) is 4.37 Å². The molecule has 0 spiro atoms. The van der Waals surface area contributed by atoms with E-state index in [1.807, 2.05) is 17.5 Å². The number of hydrogen-bond donors (Lipinski definition) is 1. The van der Waals surface area contributed by atoms with Gasteiger partial charge in [0, 0.05) is 28.1 Å². The molecule has 0 aliphatic rings. The molecular weight excluding hydrogens is 354 g/mol. The fourth-order valence-corrected chi connectivity index (χ4v) is 3.43. The van der Waals surface area contributed by atoms with E-state index in [1.165, 1.54) is 11.5 Å². The second-order valence-electron chi connectivity index (χ2n) is 5.37. The first-order valence-corrected chi connectivity index (χ1v) is 8.58. The molecule has 0 radical (unpaired) electrons. The highest BCUT2D eigenvalue weighted by Gasteiger charge is 2.19. The molecule has 1 aromatic heterocycles. The van der Waals surface area contributed by atoms with Gasteiger partial charge in [0.2, 0.25) is 5.75 Å². The van der Waals surface area contributed by atoms with Crippen LogP contribution in [0, 0.1) is 0 Å². The molecule has 3 rings (SSSR count). The molecule has 0 atom stereocenters. The van der Waals surface area contributed by atoms with E-state index < -0.39 is 0 Å². The highest BCUT2D eigenvalue weighted by Crippen LogP contribution is 2.44. The summed E-state index contributed by atoms with van der Waals surface area (Å²) in [5.41, 5.74) is 2.99. The number of aromatic hydroxyl groups is 1. The number of phenols is 1. The Morgan fingerprint density at radius 2 is 1.54 bits per heavy atom. The molecule has 2 aromatic carbocycles. The first kappa shape index (κ1) is 17.9. The smallest absolute Gasteiger partial charge is 0.203 e. The van der Waals surface area contributed by atoms with E-state index in [-0.39, 0.29) is 5.75 Å². The maximum atomic E-state index is 10.4. The Labute approximate surface area is 155 Å². The van der Waals surface area contributed by atoms with Crippen LogP contribution in [0.5, 0.6) is 28.7 Å². The SMILES string of the molecule is COc1ccc(-c2csnc2-c2cc(OC)c(OC)c(OC)c2)c(O)c1. The predicted octanol–water partition coefficient (Wildman–Crippen LogP) is 4.22. The summed E-state index contributed by atoms with van der Waals surface area (Å²) in [5.74, 6) is 2.31. The lowest BCUT2D eigenvalue weighted by molar-refractivity contribution is 0.324. The third-order valence-electron chi connectivity index (χ3n) is 4.00. The molecule has 0 fully saturated rings. The van der Waals surface area contributed by atoms with Crippen molar-refractivity contribution in [3.8, 4) is 51.1 Å². The van der Waals surface area contributed by atoms with Crippen LogP contribution >= 0.6 is 11.5 Å². The second-order valence-corrected chi connectivity index (χ2v) is 6.00. The average Bonchev–Trinajstić information content (AvgIpc) is 3.15. The Morgan fingerprint density at radius 3 is 2.08 bits per heavy atom. The summed E-state index contributed by atoms with van der Waals surface area (Å²) in [4.78, 5) is 0. The molecule has 3 aromatic rings. The summed E-state index contributed by atoms with van der Waals surface area (Å²) in [7, 11) is 6.25. The van der Waals surface area contributed by atoms with Gasteiger partial charge in [0.05, 0.1) is 34.1 Å². The summed E-state index contributed by atoms with van der Waals surface area (Å²) in [6.07, 6.45) is 0. The number of hydrogen-bond acceptors (Lipinski definition) is 7. The zero-order valence-corrected chi connectivity index (χ0v) is 15.7. The van der Waals surface area contributed by atoms with E-state index in [2.05, 4.69) is 4.37 Å². The van der Waals surface area contributed by atoms with Crippen LogP contribution in [0.15, 0.2) is 35.7 Å². The third kappa shape index (κ3) is 3.13. The minimum absolute atomic E-state index is 0.123. The van der Waals surface area contributed by atoms with Gasteiger partial charge in [-0.05, 0) is 35.8 Å². The summed E-state index contributed by atoms with van der Waals surface area (Å²) >= 11 is 1.31. The van der Waals surface area contributed by atoms with Crippen molar-refractivity contribution in [1.29, 1.82) is 0 Å². The highest BCUT2D eigenvalue weighted by atomic mass is 32.1. The second kappa shape index (κ2) is 7.53. The lowest BCUT2D eigenvalue weighted by Crippen LogP contribution is -1.96. The fraction of sp³-hybridized carbons (Fsp3) is 0.211. The average molecular weight is 373 g/mol. The van der Waals surface area contributed by atoms with Crippen LogP contribution < -0.4 is 18.9 Å². The molecule has 0 aliphatic heterocycles. The van der Waals surface area contributed by atoms with Crippen LogP contribution in [0.3, 0.4) is 0 Å². The van der Waals surface area contributed by atoms with Gasteiger partial charge >= 0.3 is 0 Å². The zero-order chi connectivity index (χ0) is 18.7. The maximum Gasteiger partial charge on any atom is 0.203 e. The van der Waals surface area contributed by atoms with Crippen molar-refractivity contribution in [3.63, 3.8) is 0 Å². The first-order chi connectivity index (χ1) is 12.6. The molecule has 6 nitrogen and oxygen atoms in total. The molecule has 26 heavy (non-hydrogen) atoms. The topological polar surface area (TPSA) is 70.0 Å². The molecule has 0 bridgehead atoms. The molecular formula is C19H19NO5S. The number of aromatic nitrogens is 1. The van der Waals surface area contributed by atoms with E-state index in [0.717, 1.165) is 16.8 Å². The van der Waals surface area contributed by atoms with Crippen LogP contribution in [-0.4, -0.2) is 37.9 Å². The van der Waals surface area contributed by atoms with Gasteiger partial charge < -0.3 is 24.1 Å². The molecule has 0 saturated carbocycles. The van der Waals surface area contributed by atoms with Crippen molar-refractivity contribution in [2.24, 2.45) is 0 Å². The van der Waals surface area contributed by atoms with Gasteiger partial charge in [-0.15, -0.1) is 0 Å². The first-order valence-electron chi connectivity index (χ1n) is 7.75. The van der Waals surface area contributed by atoms with Crippen molar-refractivity contribution in [2.75, 3.05) is 28.4 Å². The van der Waals surface area contributed by atoms with Gasteiger partial charge in [-0.1, -0.05) is 0 Å². The molecule has 7 heteroatoms. The zero-order valence-electron chi connectivity index (χ0n) is 14.9. The van der Waals surface area contributed by atoms with Crippen molar-refractivity contribution in [2.45, 2.75) is 0 Å². The van der Waals surface area contributed by atoms with Crippen LogP contribution in [0.25, 0.3) is 22.4 Å².